The zero-order valence-electron chi connectivity index (χ0n) is 10.8. The van der Waals surface area contributed by atoms with Crippen molar-refractivity contribution in [2.75, 3.05) is 5.32 Å². The summed E-state index contributed by atoms with van der Waals surface area (Å²) in [5, 5.41) is 6.83. The molecule has 2 amide bonds. The van der Waals surface area contributed by atoms with Crippen LogP contribution < -0.4 is 10.7 Å². The first-order valence-electron chi connectivity index (χ1n) is 6.53. The molecule has 0 aromatic heterocycles. The van der Waals surface area contributed by atoms with Crippen LogP contribution in [0.15, 0.2) is 29.4 Å². The molecule has 0 atom stereocenters. The van der Waals surface area contributed by atoms with Crippen LogP contribution in [0.2, 0.25) is 0 Å². The standard InChI is InChI=1S/C14H14ClN3O2/c15-14(7-8-14)13(20)16-10-3-1-9(2-4-10)11-5-6-12(19)18-17-11/h1-4H,5-8H2,(H,16,20)(H,18,19). The van der Waals surface area contributed by atoms with Crippen LogP contribution in [0, 0.1) is 0 Å². The number of carbonyl (C=O) groups excluding carboxylic acids is 2. The quantitative estimate of drug-likeness (QED) is 0.836. The molecular weight excluding hydrogens is 278 g/mol. The van der Waals surface area contributed by atoms with Crippen molar-refractivity contribution >= 4 is 34.8 Å². The Balaban J connectivity index is 1.68. The number of rotatable bonds is 3. The number of nitrogens with zero attached hydrogens (tertiary/aromatic N) is 1. The molecule has 20 heavy (non-hydrogen) atoms. The number of hydrazone groups is 1. The second-order valence-electron chi connectivity index (χ2n) is 5.09. The van der Waals surface area contributed by atoms with Crippen molar-refractivity contribution in [1.29, 1.82) is 0 Å². The smallest absolute Gasteiger partial charge is 0.245 e. The van der Waals surface area contributed by atoms with Crippen LogP contribution in [0.25, 0.3) is 0 Å². The van der Waals surface area contributed by atoms with Gasteiger partial charge in [-0.3, -0.25) is 9.59 Å². The zero-order chi connectivity index (χ0) is 14.2. The molecule has 0 bridgehead atoms. The predicted molar refractivity (Wildman–Crippen MR) is 76.8 cm³/mol. The van der Waals surface area contributed by atoms with E-state index in [1.54, 1.807) is 0 Å². The van der Waals surface area contributed by atoms with Crippen LogP contribution in [-0.4, -0.2) is 22.4 Å². The van der Waals surface area contributed by atoms with Gasteiger partial charge in [0.15, 0.2) is 0 Å². The molecule has 1 aromatic carbocycles. The number of amides is 2. The molecule has 5 nitrogen and oxygen atoms in total. The monoisotopic (exact) mass is 291 g/mol. The van der Waals surface area contributed by atoms with E-state index in [0.29, 0.717) is 18.5 Å². The molecule has 1 saturated carbocycles. The summed E-state index contributed by atoms with van der Waals surface area (Å²) < 4.78 is 0. The van der Waals surface area contributed by atoms with Gasteiger partial charge in [-0.1, -0.05) is 12.1 Å². The highest BCUT2D eigenvalue weighted by molar-refractivity contribution is 6.38. The average molecular weight is 292 g/mol. The van der Waals surface area contributed by atoms with E-state index in [1.807, 2.05) is 24.3 Å². The molecule has 2 aliphatic rings. The fourth-order valence-corrected chi connectivity index (χ4v) is 2.15. The number of anilines is 1. The molecule has 3 rings (SSSR count). The van der Waals surface area contributed by atoms with Gasteiger partial charge < -0.3 is 5.32 Å². The summed E-state index contributed by atoms with van der Waals surface area (Å²) in [6, 6.07) is 7.38. The Labute approximate surface area is 121 Å². The van der Waals surface area contributed by atoms with Crippen LogP contribution in [-0.2, 0) is 9.59 Å². The number of carbonyl (C=O) groups is 2. The molecule has 0 saturated heterocycles. The summed E-state index contributed by atoms with van der Waals surface area (Å²) >= 11 is 6.04. The molecule has 104 valence electrons. The molecule has 1 fully saturated rings. The van der Waals surface area contributed by atoms with Gasteiger partial charge in [0.05, 0.1) is 5.71 Å². The first-order valence-corrected chi connectivity index (χ1v) is 6.91. The number of alkyl halides is 1. The third-order valence-corrected chi connectivity index (χ3v) is 4.03. The van der Waals surface area contributed by atoms with Gasteiger partial charge in [-0.05, 0) is 30.5 Å². The molecule has 0 radical (unpaired) electrons. The van der Waals surface area contributed by atoms with Gasteiger partial charge in [-0.15, -0.1) is 11.6 Å². The topological polar surface area (TPSA) is 70.6 Å². The van der Waals surface area contributed by atoms with Gasteiger partial charge in [-0.25, -0.2) is 5.43 Å². The van der Waals surface area contributed by atoms with E-state index >= 15 is 0 Å². The second kappa shape index (κ2) is 4.90. The van der Waals surface area contributed by atoms with Gasteiger partial charge in [0.25, 0.3) is 0 Å². The van der Waals surface area contributed by atoms with Gasteiger partial charge >= 0.3 is 0 Å². The maximum Gasteiger partial charge on any atom is 0.245 e. The van der Waals surface area contributed by atoms with E-state index in [4.69, 9.17) is 11.6 Å². The van der Waals surface area contributed by atoms with Gasteiger partial charge in [0, 0.05) is 18.5 Å². The lowest BCUT2D eigenvalue weighted by molar-refractivity contribution is -0.121. The third kappa shape index (κ3) is 2.67. The maximum absolute atomic E-state index is 11.8. The summed E-state index contributed by atoms with van der Waals surface area (Å²) in [5.41, 5.74) is 4.97. The maximum atomic E-state index is 11.8. The molecule has 0 spiro atoms. The lowest BCUT2D eigenvalue weighted by Crippen LogP contribution is -2.26. The van der Waals surface area contributed by atoms with Crippen molar-refractivity contribution in [3.8, 4) is 0 Å². The molecule has 1 heterocycles. The van der Waals surface area contributed by atoms with Crippen molar-refractivity contribution in [3.63, 3.8) is 0 Å². The Morgan fingerprint density at radius 3 is 2.50 bits per heavy atom. The average Bonchev–Trinajstić information content (AvgIpc) is 3.20. The molecule has 1 aromatic rings. The molecule has 0 unspecified atom stereocenters. The highest BCUT2D eigenvalue weighted by Gasteiger charge is 2.48. The summed E-state index contributed by atoms with van der Waals surface area (Å²) in [7, 11) is 0. The molecular formula is C14H14ClN3O2. The normalized spacial score (nSPS) is 19.9. The Morgan fingerprint density at radius 2 is 1.95 bits per heavy atom. The molecule has 6 heteroatoms. The van der Waals surface area contributed by atoms with E-state index in [1.165, 1.54) is 0 Å². The first-order chi connectivity index (χ1) is 9.57. The fourth-order valence-electron chi connectivity index (χ4n) is 2.01. The van der Waals surface area contributed by atoms with Gasteiger partial charge in [0.2, 0.25) is 11.8 Å². The number of nitrogens with one attached hydrogen (secondary N) is 2. The van der Waals surface area contributed by atoms with Crippen molar-refractivity contribution in [1.82, 2.24) is 5.43 Å². The Kier molecular flexibility index (Phi) is 3.22. The van der Waals surface area contributed by atoms with E-state index in [-0.39, 0.29) is 11.8 Å². The largest absolute Gasteiger partial charge is 0.325 e. The SMILES string of the molecule is O=C1CCC(c2ccc(NC(=O)C3(Cl)CC3)cc2)=NN1. The van der Waals surface area contributed by atoms with Crippen molar-refractivity contribution in [3.05, 3.63) is 29.8 Å². The number of hydrogen-bond donors (Lipinski definition) is 2. The van der Waals surface area contributed by atoms with Crippen LogP contribution in [0.3, 0.4) is 0 Å². The van der Waals surface area contributed by atoms with Gasteiger partial charge in [0.1, 0.15) is 4.87 Å². The lowest BCUT2D eigenvalue weighted by atomic mass is 10.0. The summed E-state index contributed by atoms with van der Waals surface area (Å²) in [4.78, 5) is 22.1. The number of hydrogen-bond acceptors (Lipinski definition) is 3. The second-order valence-corrected chi connectivity index (χ2v) is 5.81. The molecule has 2 N–H and O–H groups in total. The molecule has 1 aliphatic heterocycles. The first kappa shape index (κ1) is 13.1. The minimum atomic E-state index is -0.698. The Bertz CT molecular complexity index is 591. The summed E-state index contributed by atoms with van der Waals surface area (Å²) in [5.74, 6) is -0.205. The van der Waals surface area contributed by atoms with E-state index in [2.05, 4.69) is 15.8 Å². The zero-order valence-corrected chi connectivity index (χ0v) is 11.5. The van der Waals surface area contributed by atoms with E-state index < -0.39 is 4.87 Å². The van der Waals surface area contributed by atoms with Gasteiger partial charge in [-0.2, -0.15) is 5.10 Å². The highest BCUT2D eigenvalue weighted by atomic mass is 35.5. The Morgan fingerprint density at radius 1 is 1.25 bits per heavy atom. The van der Waals surface area contributed by atoms with Crippen LogP contribution >= 0.6 is 11.6 Å². The predicted octanol–water partition coefficient (Wildman–Crippen LogP) is 2.01. The minimum absolute atomic E-state index is 0.0607. The van der Waals surface area contributed by atoms with Crippen molar-refractivity contribution in [2.45, 2.75) is 30.6 Å². The fraction of sp³-hybridized carbons (Fsp3) is 0.357. The van der Waals surface area contributed by atoms with Crippen LogP contribution in [0.5, 0.6) is 0 Å². The van der Waals surface area contributed by atoms with Crippen LogP contribution in [0.1, 0.15) is 31.2 Å². The number of benzene rings is 1. The number of halogens is 1. The van der Waals surface area contributed by atoms with E-state index in [9.17, 15) is 9.59 Å². The summed E-state index contributed by atoms with van der Waals surface area (Å²) in [6.45, 7) is 0. The summed E-state index contributed by atoms with van der Waals surface area (Å²) in [6.07, 6.45) is 2.54. The van der Waals surface area contributed by atoms with Crippen LogP contribution in [0.4, 0.5) is 5.69 Å². The van der Waals surface area contributed by atoms with Crippen molar-refractivity contribution in [2.24, 2.45) is 5.10 Å². The Hall–Kier alpha value is -1.88. The van der Waals surface area contributed by atoms with Crippen molar-refractivity contribution < 1.29 is 9.59 Å². The highest BCUT2D eigenvalue weighted by Crippen LogP contribution is 2.43. The third-order valence-electron chi connectivity index (χ3n) is 3.48. The minimum Gasteiger partial charge on any atom is -0.325 e. The lowest BCUT2D eigenvalue weighted by Gasteiger charge is -2.13. The molecule has 1 aliphatic carbocycles. The van der Waals surface area contributed by atoms with E-state index in [0.717, 1.165) is 24.1 Å².